The minimum Gasteiger partial charge on any atom is -0.494 e. The number of carboxylic acids is 1. The molecule has 1 aliphatic carbocycles. The molecule has 2 N–H and O–H groups in total. The van der Waals surface area contributed by atoms with Crippen LogP contribution >= 0.6 is 0 Å². The summed E-state index contributed by atoms with van der Waals surface area (Å²) in [7, 11) is 0. The number of aliphatic carboxylic acids is 1. The summed E-state index contributed by atoms with van der Waals surface area (Å²) in [5.41, 5.74) is 0. The van der Waals surface area contributed by atoms with Gasteiger partial charge >= 0.3 is 5.97 Å². The number of carbonyl (C=O) groups is 2. The zero-order chi connectivity index (χ0) is 13.0. The van der Waals surface area contributed by atoms with E-state index in [0.29, 0.717) is 26.2 Å². The van der Waals surface area contributed by atoms with E-state index in [1.54, 1.807) is 0 Å². The molecule has 0 spiro atoms. The number of amides is 1. The zero-order valence-electron chi connectivity index (χ0n) is 10.1. The third-order valence-corrected chi connectivity index (χ3v) is 3.37. The first-order valence-corrected chi connectivity index (χ1v) is 6.14. The fourth-order valence-electron chi connectivity index (χ4n) is 2.40. The quantitative estimate of drug-likeness (QED) is 0.763. The molecule has 1 amide bonds. The molecule has 2 unspecified atom stereocenters. The van der Waals surface area contributed by atoms with Crippen molar-refractivity contribution in [2.24, 2.45) is 11.8 Å². The summed E-state index contributed by atoms with van der Waals surface area (Å²) in [5.74, 6) is -1.29. The van der Waals surface area contributed by atoms with Gasteiger partial charge in [-0.3, -0.25) is 9.59 Å². The van der Waals surface area contributed by atoms with Crippen LogP contribution in [0.15, 0.2) is 12.0 Å². The van der Waals surface area contributed by atoms with Crippen molar-refractivity contribution < 1.29 is 24.2 Å². The van der Waals surface area contributed by atoms with Crippen molar-refractivity contribution >= 4 is 11.9 Å². The highest BCUT2D eigenvalue weighted by molar-refractivity contribution is 5.91. The van der Waals surface area contributed by atoms with Gasteiger partial charge in [0.1, 0.15) is 19.5 Å². The Morgan fingerprint density at radius 2 is 2.22 bits per heavy atom. The van der Waals surface area contributed by atoms with Gasteiger partial charge in [0, 0.05) is 6.54 Å². The van der Waals surface area contributed by atoms with Gasteiger partial charge in [-0.2, -0.15) is 0 Å². The molecule has 6 nitrogen and oxygen atoms in total. The monoisotopic (exact) mass is 255 g/mol. The van der Waals surface area contributed by atoms with Crippen LogP contribution in [0.25, 0.3) is 0 Å². The van der Waals surface area contributed by atoms with Crippen molar-refractivity contribution in [3.63, 3.8) is 0 Å². The summed E-state index contributed by atoms with van der Waals surface area (Å²) in [6.07, 6.45) is 3.73. The van der Waals surface area contributed by atoms with Gasteiger partial charge in [0.05, 0.1) is 5.92 Å². The van der Waals surface area contributed by atoms with E-state index in [9.17, 15) is 9.59 Å². The molecule has 2 atom stereocenters. The lowest BCUT2D eigenvalue weighted by atomic mass is 9.96. The summed E-state index contributed by atoms with van der Waals surface area (Å²) in [4.78, 5) is 22.7. The van der Waals surface area contributed by atoms with Crippen LogP contribution in [-0.2, 0) is 19.1 Å². The lowest BCUT2D eigenvalue weighted by Gasteiger charge is -2.18. The molecule has 2 rings (SSSR count). The van der Waals surface area contributed by atoms with Gasteiger partial charge in [-0.15, -0.1) is 0 Å². The van der Waals surface area contributed by atoms with E-state index in [1.165, 1.54) is 6.26 Å². The van der Waals surface area contributed by atoms with E-state index in [2.05, 4.69) is 5.32 Å². The van der Waals surface area contributed by atoms with Gasteiger partial charge in [-0.05, 0) is 18.8 Å². The molecule has 6 heteroatoms. The van der Waals surface area contributed by atoms with Crippen LogP contribution < -0.4 is 5.32 Å². The molecule has 1 fully saturated rings. The van der Waals surface area contributed by atoms with Gasteiger partial charge in [-0.1, -0.05) is 6.42 Å². The van der Waals surface area contributed by atoms with Crippen molar-refractivity contribution in [1.29, 1.82) is 0 Å². The fourth-order valence-corrected chi connectivity index (χ4v) is 2.40. The lowest BCUT2D eigenvalue weighted by molar-refractivity contribution is -0.143. The van der Waals surface area contributed by atoms with Crippen molar-refractivity contribution in [2.45, 2.75) is 19.3 Å². The van der Waals surface area contributed by atoms with Gasteiger partial charge in [0.2, 0.25) is 5.76 Å². The third-order valence-electron chi connectivity index (χ3n) is 3.37. The van der Waals surface area contributed by atoms with Gasteiger partial charge in [0.25, 0.3) is 5.91 Å². The Morgan fingerprint density at radius 3 is 2.89 bits per heavy atom. The minimum atomic E-state index is -0.775. The average molecular weight is 255 g/mol. The van der Waals surface area contributed by atoms with E-state index >= 15 is 0 Å². The molecule has 1 heterocycles. The second kappa shape index (κ2) is 5.75. The molecule has 18 heavy (non-hydrogen) atoms. The Bertz CT molecular complexity index is 365. The van der Waals surface area contributed by atoms with Crippen molar-refractivity contribution in [2.75, 3.05) is 19.8 Å². The molecule has 0 aromatic rings. The van der Waals surface area contributed by atoms with E-state index in [0.717, 1.165) is 12.8 Å². The normalized spacial score (nSPS) is 26.8. The Morgan fingerprint density at radius 1 is 1.39 bits per heavy atom. The van der Waals surface area contributed by atoms with Crippen LogP contribution in [0.4, 0.5) is 0 Å². The van der Waals surface area contributed by atoms with E-state index in [-0.39, 0.29) is 23.5 Å². The first-order chi connectivity index (χ1) is 8.68. The second-order valence-electron chi connectivity index (χ2n) is 4.55. The van der Waals surface area contributed by atoms with Crippen molar-refractivity contribution in [3.05, 3.63) is 12.0 Å². The summed E-state index contributed by atoms with van der Waals surface area (Å²) >= 11 is 0. The maximum absolute atomic E-state index is 11.7. The highest BCUT2D eigenvalue weighted by atomic mass is 16.6. The summed E-state index contributed by atoms with van der Waals surface area (Å²) < 4.78 is 10.1. The first kappa shape index (κ1) is 12.7. The van der Waals surface area contributed by atoms with E-state index in [1.807, 2.05) is 0 Å². The number of hydrogen-bond acceptors (Lipinski definition) is 4. The van der Waals surface area contributed by atoms with E-state index < -0.39 is 5.97 Å². The SMILES string of the molecule is O=C(NCC1CCCC1C(=O)O)C1=COCCO1. The Balaban J connectivity index is 1.82. The molecule has 0 radical (unpaired) electrons. The smallest absolute Gasteiger partial charge is 0.306 e. The van der Waals surface area contributed by atoms with Crippen LogP contribution in [0.2, 0.25) is 0 Å². The maximum atomic E-state index is 11.7. The predicted molar refractivity (Wildman–Crippen MR) is 61.5 cm³/mol. The number of carbonyl (C=O) groups excluding carboxylic acids is 1. The molecule has 0 saturated heterocycles. The number of carboxylic acid groups (broad SMARTS) is 1. The largest absolute Gasteiger partial charge is 0.494 e. The third kappa shape index (κ3) is 2.94. The highest BCUT2D eigenvalue weighted by Gasteiger charge is 2.33. The van der Waals surface area contributed by atoms with Gasteiger partial charge < -0.3 is 19.9 Å². The van der Waals surface area contributed by atoms with Crippen LogP contribution in [0.3, 0.4) is 0 Å². The molecule has 1 saturated carbocycles. The van der Waals surface area contributed by atoms with E-state index in [4.69, 9.17) is 14.6 Å². The number of rotatable bonds is 4. The zero-order valence-corrected chi connectivity index (χ0v) is 10.1. The number of hydrogen-bond donors (Lipinski definition) is 2. The molecule has 0 aromatic carbocycles. The molecule has 0 bridgehead atoms. The summed E-state index contributed by atoms with van der Waals surface area (Å²) in [6.45, 7) is 1.18. The average Bonchev–Trinajstić information content (AvgIpc) is 2.85. The summed E-state index contributed by atoms with van der Waals surface area (Å²) in [5, 5.41) is 11.7. The molecule has 2 aliphatic rings. The van der Waals surface area contributed by atoms with Crippen molar-refractivity contribution in [1.82, 2.24) is 5.32 Å². The summed E-state index contributed by atoms with van der Waals surface area (Å²) in [6, 6.07) is 0. The highest BCUT2D eigenvalue weighted by Crippen LogP contribution is 2.31. The number of ether oxygens (including phenoxy) is 2. The topological polar surface area (TPSA) is 84.9 Å². The van der Waals surface area contributed by atoms with Crippen LogP contribution in [0.5, 0.6) is 0 Å². The Kier molecular flexibility index (Phi) is 4.07. The van der Waals surface area contributed by atoms with Gasteiger partial charge in [-0.25, -0.2) is 0 Å². The lowest BCUT2D eigenvalue weighted by Crippen LogP contribution is -2.35. The van der Waals surface area contributed by atoms with Gasteiger partial charge in [0.15, 0.2) is 0 Å². The number of nitrogens with one attached hydrogen (secondary N) is 1. The predicted octanol–water partition coefficient (Wildman–Crippen LogP) is 0.492. The molecular weight excluding hydrogens is 238 g/mol. The fraction of sp³-hybridized carbons (Fsp3) is 0.667. The molecule has 0 aromatic heterocycles. The minimum absolute atomic E-state index is 0.0107. The van der Waals surface area contributed by atoms with Crippen LogP contribution in [0, 0.1) is 11.8 Å². The molecule has 100 valence electrons. The Labute approximate surface area is 105 Å². The maximum Gasteiger partial charge on any atom is 0.306 e. The van der Waals surface area contributed by atoms with Crippen LogP contribution in [0.1, 0.15) is 19.3 Å². The molecular formula is C12H17NO5. The molecule has 1 aliphatic heterocycles. The second-order valence-corrected chi connectivity index (χ2v) is 4.55. The Hall–Kier alpha value is -1.72. The first-order valence-electron chi connectivity index (χ1n) is 6.14. The standard InChI is InChI=1S/C12H17NO5/c14-11(10-7-17-4-5-18-10)13-6-8-2-1-3-9(8)12(15)16/h7-9H,1-6H2,(H,13,14)(H,15,16). The van der Waals surface area contributed by atoms with Crippen LogP contribution in [-0.4, -0.2) is 36.7 Å². The van der Waals surface area contributed by atoms with Crippen molar-refractivity contribution in [3.8, 4) is 0 Å².